The Kier molecular flexibility index (Phi) is 4.11. The zero-order valence-electron chi connectivity index (χ0n) is 11.2. The third-order valence-electron chi connectivity index (χ3n) is 3.40. The summed E-state index contributed by atoms with van der Waals surface area (Å²) in [6, 6.07) is 15.1. The Balaban J connectivity index is 2.26. The molecule has 0 aliphatic carbocycles. The van der Waals surface area contributed by atoms with Crippen LogP contribution < -0.4 is 5.32 Å². The minimum Gasteiger partial charge on any atom is -0.312 e. The van der Waals surface area contributed by atoms with Crippen LogP contribution in [0.4, 0.5) is 0 Å². The Morgan fingerprint density at radius 3 is 2.33 bits per heavy atom. The highest BCUT2D eigenvalue weighted by atomic mass is 14.9. The number of hydrogen-bond donors (Lipinski definition) is 1. The normalized spacial score (nSPS) is 14.2. The highest BCUT2D eigenvalue weighted by Gasteiger charge is 2.19. The lowest BCUT2D eigenvalue weighted by Crippen LogP contribution is -2.22. The van der Waals surface area contributed by atoms with Gasteiger partial charge in [-0.1, -0.05) is 42.8 Å². The van der Waals surface area contributed by atoms with Crippen LogP contribution in [0.3, 0.4) is 0 Å². The summed E-state index contributed by atoms with van der Waals surface area (Å²) in [5, 5.41) is 3.40. The lowest BCUT2D eigenvalue weighted by Gasteiger charge is -2.23. The van der Waals surface area contributed by atoms with Crippen LogP contribution in [-0.4, -0.2) is 12.0 Å². The Morgan fingerprint density at radius 1 is 1.06 bits per heavy atom. The second-order valence-electron chi connectivity index (χ2n) is 4.72. The van der Waals surface area contributed by atoms with Gasteiger partial charge in [-0.15, -0.1) is 0 Å². The topological polar surface area (TPSA) is 24.9 Å². The fourth-order valence-electron chi connectivity index (χ4n) is 2.30. The van der Waals surface area contributed by atoms with Crippen LogP contribution in [-0.2, 0) is 0 Å². The molecule has 2 unspecified atom stereocenters. The molecular weight excluding hydrogens is 220 g/mol. The van der Waals surface area contributed by atoms with Crippen molar-refractivity contribution < 1.29 is 0 Å². The van der Waals surface area contributed by atoms with Crippen LogP contribution in [0.25, 0.3) is 0 Å². The molecule has 2 heteroatoms. The van der Waals surface area contributed by atoms with Gasteiger partial charge < -0.3 is 5.32 Å². The summed E-state index contributed by atoms with van der Waals surface area (Å²) in [5.74, 6) is 0.346. The summed E-state index contributed by atoms with van der Waals surface area (Å²) in [6.45, 7) is 4.32. The number of aryl methyl sites for hydroxylation is 1. The van der Waals surface area contributed by atoms with E-state index in [4.69, 9.17) is 0 Å². The first-order chi connectivity index (χ1) is 8.72. The molecule has 0 saturated carbocycles. The fraction of sp³-hybridized carbons (Fsp3) is 0.312. The average Bonchev–Trinajstić information content (AvgIpc) is 2.42. The molecule has 2 aromatic rings. The molecule has 2 rings (SSSR count). The molecule has 0 aliphatic rings. The van der Waals surface area contributed by atoms with E-state index in [-0.39, 0.29) is 0 Å². The SMILES string of the molecule is CNC(c1ccc(C)cc1)C(C)c1ccccn1. The zero-order chi connectivity index (χ0) is 13.0. The van der Waals surface area contributed by atoms with Crippen molar-refractivity contribution in [1.82, 2.24) is 10.3 Å². The van der Waals surface area contributed by atoms with E-state index in [9.17, 15) is 0 Å². The Morgan fingerprint density at radius 2 is 1.78 bits per heavy atom. The smallest absolute Gasteiger partial charge is 0.0450 e. The van der Waals surface area contributed by atoms with Gasteiger partial charge in [0.05, 0.1) is 0 Å². The van der Waals surface area contributed by atoms with E-state index < -0.39 is 0 Å². The number of rotatable bonds is 4. The van der Waals surface area contributed by atoms with Crippen molar-refractivity contribution in [3.63, 3.8) is 0 Å². The maximum Gasteiger partial charge on any atom is 0.0450 e. The van der Waals surface area contributed by atoms with Gasteiger partial charge in [0.1, 0.15) is 0 Å². The predicted molar refractivity (Wildman–Crippen MR) is 75.6 cm³/mol. The van der Waals surface area contributed by atoms with Gasteiger partial charge in [-0.3, -0.25) is 4.98 Å². The molecule has 0 fully saturated rings. The van der Waals surface area contributed by atoms with Crippen molar-refractivity contribution in [2.75, 3.05) is 7.05 Å². The van der Waals surface area contributed by atoms with Gasteiger partial charge in [0.15, 0.2) is 0 Å². The first kappa shape index (κ1) is 12.8. The highest BCUT2D eigenvalue weighted by Crippen LogP contribution is 2.29. The number of hydrogen-bond acceptors (Lipinski definition) is 2. The Labute approximate surface area is 109 Å². The quantitative estimate of drug-likeness (QED) is 0.885. The van der Waals surface area contributed by atoms with Gasteiger partial charge in [-0.2, -0.15) is 0 Å². The van der Waals surface area contributed by atoms with E-state index in [1.807, 2.05) is 25.4 Å². The molecule has 1 N–H and O–H groups in total. The highest BCUT2D eigenvalue weighted by molar-refractivity contribution is 5.27. The van der Waals surface area contributed by atoms with E-state index >= 15 is 0 Å². The summed E-state index contributed by atoms with van der Waals surface area (Å²) in [4.78, 5) is 4.45. The first-order valence-electron chi connectivity index (χ1n) is 6.37. The zero-order valence-corrected chi connectivity index (χ0v) is 11.2. The van der Waals surface area contributed by atoms with E-state index in [1.54, 1.807) is 0 Å². The summed E-state index contributed by atoms with van der Waals surface area (Å²) in [6.07, 6.45) is 1.85. The third kappa shape index (κ3) is 2.77. The molecule has 2 atom stereocenters. The molecule has 1 aromatic carbocycles. The molecule has 94 valence electrons. The number of pyridine rings is 1. The number of aromatic nitrogens is 1. The number of likely N-dealkylation sites (N-methyl/N-ethyl adjacent to an activating group) is 1. The molecule has 0 amide bonds. The lowest BCUT2D eigenvalue weighted by atomic mass is 9.91. The summed E-state index contributed by atoms with van der Waals surface area (Å²) < 4.78 is 0. The van der Waals surface area contributed by atoms with Crippen LogP contribution in [0, 0.1) is 6.92 Å². The first-order valence-corrected chi connectivity index (χ1v) is 6.37. The molecule has 0 aliphatic heterocycles. The van der Waals surface area contributed by atoms with Crippen LogP contribution in [0.1, 0.15) is 35.7 Å². The molecular formula is C16H20N2. The van der Waals surface area contributed by atoms with Crippen molar-refractivity contribution >= 4 is 0 Å². The van der Waals surface area contributed by atoms with Gasteiger partial charge >= 0.3 is 0 Å². The maximum absolute atomic E-state index is 4.45. The average molecular weight is 240 g/mol. The van der Waals surface area contributed by atoms with E-state index in [2.05, 4.69) is 54.5 Å². The van der Waals surface area contributed by atoms with Crippen molar-refractivity contribution in [2.45, 2.75) is 25.8 Å². The predicted octanol–water partition coefficient (Wildman–Crippen LogP) is 3.45. The molecule has 1 aromatic heterocycles. The van der Waals surface area contributed by atoms with Crippen LogP contribution in [0.2, 0.25) is 0 Å². The lowest BCUT2D eigenvalue weighted by molar-refractivity contribution is 0.499. The van der Waals surface area contributed by atoms with Crippen molar-refractivity contribution in [1.29, 1.82) is 0 Å². The number of benzene rings is 1. The number of nitrogens with one attached hydrogen (secondary N) is 1. The van der Waals surface area contributed by atoms with E-state index in [0.717, 1.165) is 5.69 Å². The third-order valence-corrected chi connectivity index (χ3v) is 3.40. The summed E-state index contributed by atoms with van der Waals surface area (Å²) in [5.41, 5.74) is 3.72. The molecule has 18 heavy (non-hydrogen) atoms. The monoisotopic (exact) mass is 240 g/mol. The standard InChI is InChI=1S/C16H20N2/c1-12-7-9-14(10-8-12)16(17-3)13(2)15-6-4-5-11-18-15/h4-11,13,16-17H,1-3H3. The summed E-state index contributed by atoms with van der Waals surface area (Å²) in [7, 11) is 2.00. The second-order valence-corrected chi connectivity index (χ2v) is 4.72. The van der Waals surface area contributed by atoms with E-state index in [1.165, 1.54) is 11.1 Å². The van der Waals surface area contributed by atoms with Crippen molar-refractivity contribution in [2.24, 2.45) is 0 Å². The molecule has 1 heterocycles. The van der Waals surface area contributed by atoms with Crippen molar-refractivity contribution in [3.05, 3.63) is 65.5 Å². The Hall–Kier alpha value is -1.67. The maximum atomic E-state index is 4.45. The Bertz CT molecular complexity index is 476. The van der Waals surface area contributed by atoms with Crippen LogP contribution in [0.5, 0.6) is 0 Å². The molecule has 0 bridgehead atoms. The largest absolute Gasteiger partial charge is 0.312 e. The van der Waals surface area contributed by atoms with Gasteiger partial charge in [0.2, 0.25) is 0 Å². The minimum atomic E-state index is 0.292. The van der Waals surface area contributed by atoms with Gasteiger partial charge in [-0.25, -0.2) is 0 Å². The summed E-state index contributed by atoms with van der Waals surface area (Å²) >= 11 is 0. The fourth-order valence-corrected chi connectivity index (χ4v) is 2.30. The van der Waals surface area contributed by atoms with Gasteiger partial charge in [0, 0.05) is 23.9 Å². The molecule has 0 spiro atoms. The van der Waals surface area contributed by atoms with E-state index in [0.29, 0.717) is 12.0 Å². The van der Waals surface area contributed by atoms with Crippen molar-refractivity contribution in [3.8, 4) is 0 Å². The minimum absolute atomic E-state index is 0.292. The molecule has 0 saturated heterocycles. The van der Waals surface area contributed by atoms with Gasteiger partial charge in [-0.05, 0) is 31.7 Å². The molecule has 0 radical (unpaired) electrons. The second kappa shape index (κ2) is 5.78. The number of nitrogens with zero attached hydrogens (tertiary/aromatic N) is 1. The molecule has 2 nitrogen and oxygen atoms in total. The van der Waals surface area contributed by atoms with Gasteiger partial charge in [0.25, 0.3) is 0 Å². The van der Waals surface area contributed by atoms with Crippen LogP contribution >= 0.6 is 0 Å². The van der Waals surface area contributed by atoms with Crippen LogP contribution in [0.15, 0.2) is 48.7 Å².